The molecule has 0 aliphatic heterocycles. The third-order valence-corrected chi connectivity index (χ3v) is 5.43. The van der Waals surface area contributed by atoms with Crippen LogP contribution in [0.25, 0.3) is 10.9 Å². The Morgan fingerprint density at radius 2 is 1.95 bits per heavy atom. The van der Waals surface area contributed by atoms with Gasteiger partial charge in [-0.25, -0.2) is 9.97 Å². The number of aromatic nitrogens is 3. The van der Waals surface area contributed by atoms with Crippen molar-refractivity contribution in [1.82, 2.24) is 20.3 Å². The summed E-state index contributed by atoms with van der Waals surface area (Å²) in [5.41, 5.74) is 2.44. The lowest BCUT2D eigenvalue weighted by Crippen LogP contribution is -2.31. The Labute approximate surface area is 217 Å². The van der Waals surface area contributed by atoms with Gasteiger partial charge in [0, 0.05) is 23.3 Å². The first-order valence-corrected chi connectivity index (χ1v) is 11.5. The molecule has 3 N–H and O–H groups in total. The third kappa shape index (κ3) is 6.50. The number of nitrogens with zero attached hydrogens (tertiary/aromatic N) is 3. The number of carbonyl (C=O) groups is 2. The van der Waals surface area contributed by atoms with E-state index in [2.05, 4.69) is 37.5 Å². The summed E-state index contributed by atoms with van der Waals surface area (Å²) >= 11 is 6.45. The van der Waals surface area contributed by atoms with Crippen molar-refractivity contribution in [2.24, 2.45) is 0 Å². The summed E-state index contributed by atoms with van der Waals surface area (Å²) in [6, 6.07) is 14.2. The largest absolute Gasteiger partial charge is 0.494 e. The van der Waals surface area contributed by atoms with Crippen LogP contribution in [0.4, 0.5) is 17.2 Å². The highest BCUT2D eigenvalue weighted by Gasteiger charge is 2.14. The molecule has 37 heavy (non-hydrogen) atoms. The number of carbonyl (C=O) groups excluding carboxylic acids is 2. The van der Waals surface area contributed by atoms with E-state index in [0.29, 0.717) is 44.6 Å². The van der Waals surface area contributed by atoms with Crippen molar-refractivity contribution in [3.8, 4) is 11.5 Å². The fourth-order valence-electron chi connectivity index (χ4n) is 3.35. The second-order valence-electron chi connectivity index (χ2n) is 7.64. The molecule has 0 bridgehead atoms. The molecule has 188 valence electrons. The summed E-state index contributed by atoms with van der Waals surface area (Å²) in [4.78, 5) is 36.6. The van der Waals surface area contributed by atoms with Gasteiger partial charge in [0.05, 0.1) is 35.6 Å². The van der Waals surface area contributed by atoms with Crippen LogP contribution < -0.4 is 25.4 Å². The Morgan fingerprint density at radius 1 is 1.08 bits per heavy atom. The van der Waals surface area contributed by atoms with Crippen LogP contribution in [0.5, 0.6) is 11.5 Å². The molecule has 11 heteroatoms. The molecule has 10 nitrogen and oxygen atoms in total. The topological polar surface area (TPSA) is 127 Å². The molecule has 2 aromatic carbocycles. The Bertz CT molecular complexity index is 1450. The molecule has 0 saturated heterocycles. The van der Waals surface area contributed by atoms with E-state index in [1.54, 1.807) is 30.5 Å². The molecule has 2 heterocycles. The second kappa shape index (κ2) is 11.8. The number of benzene rings is 2. The van der Waals surface area contributed by atoms with Crippen LogP contribution in [0.3, 0.4) is 0 Å². The zero-order valence-electron chi connectivity index (χ0n) is 19.8. The summed E-state index contributed by atoms with van der Waals surface area (Å²) in [6.45, 7) is 3.42. The highest BCUT2D eigenvalue weighted by atomic mass is 35.5. The minimum Gasteiger partial charge on any atom is -0.494 e. The maximum atomic E-state index is 12.3. The summed E-state index contributed by atoms with van der Waals surface area (Å²) in [6.07, 6.45) is 4.20. The van der Waals surface area contributed by atoms with E-state index in [1.165, 1.54) is 13.4 Å². The molecular formula is C26H23ClN6O4. The smallest absolute Gasteiger partial charge is 0.243 e. The zero-order chi connectivity index (χ0) is 26.2. The van der Waals surface area contributed by atoms with Gasteiger partial charge >= 0.3 is 0 Å². The number of halogens is 1. The fraction of sp³-hybridized carbons (Fsp3) is 0.115. The van der Waals surface area contributed by atoms with Crippen LogP contribution in [0.2, 0.25) is 5.02 Å². The molecule has 0 radical (unpaired) electrons. The maximum Gasteiger partial charge on any atom is 0.243 e. The lowest BCUT2D eigenvalue weighted by molar-refractivity contribution is -0.121. The molecular weight excluding hydrogens is 496 g/mol. The number of rotatable bonds is 10. The number of anilines is 3. The number of amides is 2. The van der Waals surface area contributed by atoms with Crippen LogP contribution in [-0.2, 0) is 16.2 Å². The first-order chi connectivity index (χ1) is 18.0. The second-order valence-corrected chi connectivity index (χ2v) is 8.05. The van der Waals surface area contributed by atoms with Gasteiger partial charge in [0.2, 0.25) is 11.8 Å². The molecule has 2 aromatic heterocycles. The van der Waals surface area contributed by atoms with Crippen molar-refractivity contribution in [2.45, 2.75) is 6.61 Å². The van der Waals surface area contributed by atoms with Gasteiger partial charge < -0.3 is 25.4 Å². The van der Waals surface area contributed by atoms with Crippen molar-refractivity contribution >= 4 is 51.5 Å². The van der Waals surface area contributed by atoms with E-state index in [1.807, 2.05) is 24.3 Å². The van der Waals surface area contributed by atoms with Crippen molar-refractivity contribution in [2.75, 3.05) is 24.3 Å². The SMILES string of the molecule is C=CC(=O)NCC(=O)Nc1cc2c(Nc3ccc(OCc4ccccn4)c(Cl)c3)ncnc2cc1OC. The number of nitrogens with one attached hydrogen (secondary N) is 3. The molecule has 0 fully saturated rings. The maximum absolute atomic E-state index is 12.3. The van der Waals surface area contributed by atoms with Crippen molar-refractivity contribution < 1.29 is 19.1 Å². The summed E-state index contributed by atoms with van der Waals surface area (Å²) in [7, 11) is 1.48. The Morgan fingerprint density at radius 3 is 2.68 bits per heavy atom. The number of fused-ring (bicyclic) bond motifs is 1. The van der Waals surface area contributed by atoms with Crippen LogP contribution >= 0.6 is 11.6 Å². The van der Waals surface area contributed by atoms with Crippen LogP contribution in [0.1, 0.15) is 5.69 Å². The minimum atomic E-state index is -0.452. The number of methoxy groups -OCH3 is 1. The van der Waals surface area contributed by atoms with E-state index in [-0.39, 0.29) is 13.2 Å². The van der Waals surface area contributed by atoms with Gasteiger partial charge in [-0.05, 0) is 42.5 Å². The minimum absolute atomic E-state index is 0.226. The fourth-order valence-corrected chi connectivity index (χ4v) is 3.59. The van der Waals surface area contributed by atoms with Crippen molar-refractivity contribution in [1.29, 1.82) is 0 Å². The van der Waals surface area contributed by atoms with Crippen LogP contribution in [0, 0.1) is 0 Å². The quantitative estimate of drug-likeness (QED) is 0.266. The van der Waals surface area contributed by atoms with E-state index >= 15 is 0 Å². The van der Waals surface area contributed by atoms with Crippen LogP contribution in [0.15, 0.2) is 73.7 Å². The van der Waals surface area contributed by atoms with E-state index in [9.17, 15) is 9.59 Å². The molecule has 4 rings (SSSR count). The number of hydrogen-bond acceptors (Lipinski definition) is 8. The molecule has 4 aromatic rings. The highest BCUT2D eigenvalue weighted by molar-refractivity contribution is 6.32. The number of hydrogen-bond donors (Lipinski definition) is 3. The highest BCUT2D eigenvalue weighted by Crippen LogP contribution is 2.34. The average Bonchev–Trinajstić information content (AvgIpc) is 2.91. The molecule has 2 amide bonds. The lowest BCUT2D eigenvalue weighted by Gasteiger charge is -2.14. The Kier molecular flexibility index (Phi) is 8.11. The van der Waals surface area contributed by atoms with Gasteiger partial charge in [-0.1, -0.05) is 24.2 Å². The predicted molar refractivity (Wildman–Crippen MR) is 141 cm³/mol. The van der Waals surface area contributed by atoms with Crippen LogP contribution in [-0.4, -0.2) is 40.4 Å². The van der Waals surface area contributed by atoms with Gasteiger partial charge in [-0.3, -0.25) is 14.6 Å². The molecule has 0 spiro atoms. The van der Waals surface area contributed by atoms with Gasteiger partial charge in [0.25, 0.3) is 0 Å². The Balaban J connectivity index is 1.54. The first-order valence-electron chi connectivity index (χ1n) is 11.1. The monoisotopic (exact) mass is 518 g/mol. The van der Waals surface area contributed by atoms with E-state index < -0.39 is 11.8 Å². The van der Waals surface area contributed by atoms with Gasteiger partial charge in [0.15, 0.2) is 0 Å². The molecule has 0 unspecified atom stereocenters. The summed E-state index contributed by atoms with van der Waals surface area (Å²) < 4.78 is 11.2. The average molecular weight is 519 g/mol. The third-order valence-electron chi connectivity index (χ3n) is 5.14. The summed E-state index contributed by atoms with van der Waals surface area (Å²) in [5.74, 6) is 0.516. The van der Waals surface area contributed by atoms with Gasteiger partial charge in [-0.2, -0.15) is 0 Å². The first kappa shape index (κ1) is 25.4. The standard InChI is InChI=1S/C26H23ClN6O4/c1-3-24(34)29-13-25(35)33-21-11-18-20(12-23(21)36-2)30-15-31-26(18)32-16-7-8-22(19(27)10-16)37-14-17-6-4-5-9-28-17/h3-12,15H,1,13-14H2,2H3,(H,29,34)(H,33,35)(H,30,31,32). The van der Waals surface area contributed by atoms with Gasteiger partial charge in [0.1, 0.15) is 30.3 Å². The summed E-state index contributed by atoms with van der Waals surface area (Å²) in [5, 5.41) is 9.42. The number of pyridine rings is 1. The Hall–Kier alpha value is -4.70. The van der Waals surface area contributed by atoms with E-state index in [4.69, 9.17) is 21.1 Å². The zero-order valence-corrected chi connectivity index (χ0v) is 20.6. The van der Waals surface area contributed by atoms with Gasteiger partial charge in [-0.15, -0.1) is 0 Å². The van der Waals surface area contributed by atoms with E-state index in [0.717, 1.165) is 11.8 Å². The predicted octanol–water partition coefficient (Wildman–Crippen LogP) is 4.25. The number of ether oxygens (including phenoxy) is 2. The lowest BCUT2D eigenvalue weighted by atomic mass is 10.1. The molecule has 0 saturated carbocycles. The van der Waals surface area contributed by atoms with Crippen molar-refractivity contribution in [3.63, 3.8) is 0 Å². The molecule has 0 aliphatic carbocycles. The molecule has 0 aliphatic rings. The van der Waals surface area contributed by atoms with Crippen molar-refractivity contribution in [3.05, 3.63) is 84.4 Å². The normalized spacial score (nSPS) is 10.4. The molecule has 0 atom stereocenters.